The lowest BCUT2D eigenvalue weighted by Crippen LogP contribution is -2.43. The molecule has 1 saturated heterocycles. The van der Waals surface area contributed by atoms with Crippen molar-refractivity contribution < 1.29 is 17.7 Å². The zero-order valence-electron chi connectivity index (χ0n) is 19.0. The second-order valence-electron chi connectivity index (χ2n) is 8.36. The van der Waals surface area contributed by atoms with Crippen molar-refractivity contribution >= 4 is 21.6 Å². The number of aryl methyl sites for hydroxylation is 3. The van der Waals surface area contributed by atoms with E-state index in [0.29, 0.717) is 42.2 Å². The van der Waals surface area contributed by atoms with E-state index in [4.69, 9.17) is 4.52 Å². The SMILES string of the molecule is CCc1cccc(NC(=O)[C@H]2CCCN(S(=O)(=O)c3cc(-c4noc(C)n4)ccc3C)C2)c1. The third-order valence-corrected chi connectivity index (χ3v) is 7.96. The molecule has 1 atom stereocenters. The number of benzene rings is 2. The van der Waals surface area contributed by atoms with Crippen molar-refractivity contribution in [1.29, 1.82) is 0 Å². The Morgan fingerprint density at radius 1 is 1.21 bits per heavy atom. The molecule has 0 bridgehead atoms. The molecule has 1 aliphatic heterocycles. The molecule has 1 amide bonds. The summed E-state index contributed by atoms with van der Waals surface area (Å²) in [7, 11) is -3.80. The van der Waals surface area contributed by atoms with Crippen LogP contribution in [-0.2, 0) is 21.2 Å². The lowest BCUT2D eigenvalue weighted by molar-refractivity contribution is -0.120. The molecule has 0 radical (unpaired) electrons. The number of piperidine rings is 1. The van der Waals surface area contributed by atoms with E-state index in [2.05, 4.69) is 22.4 Å². The topological polar surface area (TPSA) is 105 Å². The molecule has 8 nitrogen and oxygen atoms in total. The maximum absolute atomic E-state index is 13.5. The summed E-state index contributed by atoms with van der Waals surface area (Å²) in [5.74, 6) is 0.177. The monoisotopic (exact) mass is 468 g/mol. The molecule has 1 aromatic heterocycles. The zero-order valence-corrected chi connectivity index (χ0v) is 19.9. The van der Waals surface area contributed by atoms with Crippen molar-refractivity contribution in [2.75, 3.05) is 18.4 Å². The van der Waals surface area contributed by atoms with Gasteiger partial charge in [0.05, 0.1) is 10.8 Å². The second kappa shape index (κ2) is 9.44. The standard InChI is InChI=1S/C24H28N4O4S/c1-4-18-7-5-9-21(13-18)26-24(29)20-8-6-12-28(15-20)33(30,31)22-14-19(11-10-16(22)2)23-25-17(3)32-27-23/h5,7,9-11,13-14,20H,4,6,8,12,15H2,1-3H3,(H,26,29)/t20-/m0/s1. The molecular formula is C24H28N4O4S. The van der Waals surface area contributed by atoms with Gasteiger partial charge in [-0.3, -0.25) is 4.79 Å². The van der Waals surface area contributed by atoms with E-state index in [1.807, 2.05) is 24.3 Å². The summed E-state index contributed by atoms with van der Waals surface area (Å²) in [5, 5.41) is 6.85. The van der Waals surface area contributed by atoms with Crippen LogP contribution in [0.3, 0.4) is 0 Å². The molecule has 1 N–H and O–H groups in total. The van der Waals surface area contributed by atoms with Crippen LogP contribution in [0.15, 0.2) is 51.9 Å². The molecular weight excluding hydrogens is 440 g/mol. The van der Waals surface area contributed by atoms with Gasteiger partial charge < -0.3 is 9.84 Å². The quantitative estimate of drug-likeness (QED) is 0.587. The van der Waals surface area contributed by atoms with Crippen molar-refractivity contribution in [3.05, 3.63) is 59.5 Å². The molecule has 9 heteroatoms. The predicted molar refractivity (Wildman–Crippen MR) is 125 cm³/mol. The molecule has 4 rings (SSSR count). The molecule has 1 aliphatic rings. The van der Waals surface area contributed by atoms with Crippen LogP contribution in [0.2, 0.25) is 0 Å². The highest BCUT2D eigenvalue weighted by molar-refractivity contribution is 7.89. The van der Waals surface area contributed by atoms with Crippen LogP contribution in [0.1, 0.15) is 36.8 Å². The molecule has 0 spiro atoms. The second-order valence-corrected chi connectivity index (χ2v) is 10.3. The fraction of sp³-hybridized carbons (Fsp3) is 0.375. The van der Waals surface area contributed by atoms with E-state index in [1.165, 1.54) is 4.31 Å². The number of anilines is 1. The fourth-order valence-electron chi connectivity index (χ4n) is 4.06. The Hall–Kier alpha value is -3.04. The first-order valence-electron chi connectivity index (χ1n) is 11.1. The van der Waals surface area contributed by atoms with Gasteiger partial charge in [-0.25, -0.2) is 8.42 Å². The maximum atomic E-state index is 13.5. The van der Waals surface area contributed by atoms with Gasteiger partial charge in [0.25, 0.3) is 0 Å². The van der Waals surface area contributed by atoms with Crippen molar-refractivity contribution in [3.8, 4) is 11.4 Å². The minimum atomic E-state index is -3.80. The number of hydrogen-bond donors (Lipinski definition) is 1. The van der Waals surface area contributed by atoms with Crippen molar-refractivity contribution in [2.45, 2.75) is 44.9 Å². The van der Waals surface area contributed by atoms with Gasteiger partial charge in [0.1, 0.15) is 0 Å². The molecule has 2 aromatic carbocycles. The Morgan fingerprint density at radius 2 is 2.03 bits per heavy atom. The van der Waals surface area contributed by atoms with Crippen LogP contribution in [0, 0.1) is 19.8 Å². The number of amides is 1. The Labute approximate surface area is 194 Å². The lowest BCUT2D eigenvalue weighted by atomic mass is 9.98. The average Bonchev–Trinajstić information content (AvgIpc) is 3.25. The lowest BCUT2D eigenvalue weighted by Gasteiger charge is -2.31. The summed E-state index contributed by atoms with van der Waals surface area (Å²) in [5.41, 5.74) is 3.06. The Bertz CT molecular complexity index is 1270. The number of sulfonamides is 1. The van der Waals surface area contributed by atoms with Crippen LogP contribution in [0.25, 0.3) is 11.4 Å². The molecule has 1 fully saturated rings. The number of carbonyl (C=O) groups excluding carboxylic acids is 1. The smallest absolute Gasteiger partial charge is 0.243 e. The first-order chi connectivity index (χ1) is 15.8. The third kappa shape index (κ3) is 4.99. The van der Waals surface area contributed by atoms with Crippen molar-refractivity contribution in [1.82, 2.24) is 14.4 Å². The van der Waals surface area contributed by atoms with E-state index in [0.717, 1.165) is 17.7 Å². The Morgan fingerprint density at radius 3 is 2.76 bits per heavy atom. The molecule has 33 heavy (non-hydrogen) atoms. The number of aromatic nitrogens is 2. The summed E-state index contributed by atoms with van der Waals surface area (Å²) < 4.78 is 33.5. The van der Waals surface area contributed by atoms with E-state index >= 15 is 0 Å². The molecule has 174 valence electrons. The van der Waals surface area contributed by atoms with Crippen molar-refractivity contribution in [2.24, 2.45) is 5.92 Å². The Balaban J connectivity index is 1.54. The van der Waals surface area contributed by atoms with E-state index in [9.17, 15) is 13.2 Å². The van der Waals surface area contributed by atoms with E-state index in [-0.39, 0.29) is 17.3 Å². The van der Waals surface area contributed by atoms with Crippen LogP contribution in [-0.4, -0.2) is 41.9 Å². The van der Waals surface area contributed by atoms with Crippen LogP contribution < -0.4 is 5.32 Å². The van der Waals surface area contributed by atoms with Gasteiger partial charge >= 0.3 is 0 Å². The normalized spacial score (nSPS) is 17.1. The average molecular weight is 469 g/mol. The summed E-state index contributed by atoms with van der Waals surface area (Å²) in [6.45, 7) is 6.02. The minimum Gasteiger partial charge on any atom is -0.339 e. The van der Waals surface area contributed by atoms with Gasteiger partial charge in [0, 0.05) is 31.3 Å². The summed E-state index contributed by atoms with van der Waals surface area (Å²) >= 11 is 0. The maximum Gasteiger partial charge on any atom is 0.243 e. The summed E-state index contributed by atoms with van der Waals surface area (Å²) in [4.78, 5) is 17.3. The molecule has 0 saturated carbocycles. The number of hydrogen-bond acceptors (Lipinski definition) is 6. The van der Waals surface area contributed by atoms with Gasteiger partial charge in [-0.1, -0.05) is 36.3 Å². The van der Waals surface area contributed by atoms with Crippen LogP contribution in [0.4, 0.5) is 5.69 Å². The van der Waals surface area contributed by atoms with Gasteiger partial charge in [0.2, 0.25) is 27.6 Å². The molecule has 0 unspecified atom stereocenters. The number of rotatable bonds is 6. The highest BCUT2D eigenvalue weighted by atomic mass is 32.2. The number of nitrogens with zero attached hydrogens (tertiary/aromatic N) is 3. The van der Waals surface area contributed by atoms with E-state index < -0.39 is 15.9 Å². The van der Waals surface area contributed by atoms with E-state index in [1.54, 1.807) is 32.0 Å². The molecule has 2 heterocycles. The van der Waals surface area contributed by atoms with Gasteiger partial charge in [0.15, 0.2) is 0 Å². The highest BCUT2D eigenvalue weighted by Crippen LogP contribution is 2.29. The van der Waals surface area contributed by atoms with Crippen molar-refractivity contribution in [3.63, 3.8) is 0 Å². The first kappa shape index (κ1) is 23.1. The van der Waals surface area contributed by atoms with Crippen LogP contribution in [0.5, 0.6) is 0 Å². The largest absolute Gasteiger partial charge is 0.339 e. The predicted octanol–water partition coefficient (Wildman–Crippen LogP) is 3.96. The fourth-order valence-corrected chi connectivity index (χ4v) is 5.84. The highest BCUT2D eigenvalue weighted by Gasteiger charge is 2.34. The van der Waals surface area contributed by atoms with Crippen LogP contribution >= 0.6 is 0 Å². The Kier molecular flexibility index (Phi) is 6.62. The summed E-state index contributed by atoms with van der Waals surface area (Å²) in [6.07, 6.45) is 2.14. The number of carbonyl (C=O) groups is 1. The summed E-state index contributed by atoms with van der Waals surface area (Å²) in [6, 6.07) is 12.8. The zero-order chi connectivity index (χ0) is 23.6. The molecule has 3 aromatic rings. The van der Waals surface area contributed by atoms with Gasteiger partial charge in [-0.2, -0.15) is 9.29 Å². The molecule has 0 aliphatic carbocycles. The third-order valence-electron chi connectivity index (χ3n) is 5.95. The van der Waals surface area contributed by atoms with Gasteiger partial charge in [-0.05, 0) is 55.5 Å². The first-order valence-corrected chi connectivity index (χ1v) is 12.5. The number of nitrogens with one attached hydrogen (secondary N) is 1. The van der Waals surface area contributed by atoms with Gasteiger partial charge in [-0.15, -0.1) is 0 Å². The minimum absolute atomic E-state index is 0.145.